The third kappa shape index (κ3) is 4.79. The van der Waals surface area contributed by atoms with E-state index in [1.807, 2.05) is 34.6 Å². The van der Waals surface area contributed by atoms with Crippen molar-refractivity contribution in [1.82, 2.24) is 9.55 Å². The van der Waals surface area contributed by atoms with Crippen LogP contribution in [0.3, 0.4) is 0 Å². The average Bonchev–Trinajstić information content (AvgIpc) is 2.69. The van der Waals surface area contributed by atoms with E-state index in [0.717, 1.165) is 25.1 Å². The van der Waals surface area contributed by atoms with E-state index in [-0.39, 0.29) is 18.6 Å². The zero-order valence-corrected chi connectivity index (χ0v) is 14.1. The van der Waals surface area contributed by atoms with Crippen LogP contribution in [0.1, 0.15) is 51.3 Å². The van der Waals surface area contributed by atoms with E-state index in [1.54, 1.807) is 0 Å². The summed E-state index contributed by atoms with van der Waals surface area (Å²) in [6.45, 7) is 10.3. The number of hydrogen-bond donors (Lipinski definition) is 1. The molecule has 0 saturated heterocycles. The molecule has 0 fully saturated rings. The van der Waals surface area contributed by atoms with Crippen LogP contribution in [0, 0.1) is 12.8 Å². The van der Waals surface area contributed by atoms with Crippen LogP contribution in [0.4, 0.5) is 0 Å². The van der Waals surface area contributed by atoms with Crippen LogP contribution < -0.4 is 0 Å². The Morgan fingerprint density at radius 1 is 1.28 bits per heavy atom. The third-order valence-electron chi connectivity index (χ3n) is 3.05. The number of fused-ring (bicyclic) bond motifs is 1. The fraction of sp³-hybridized carbons (Fsp3) is 0.786. The summed E-state index contributed by atoms with van der Waals surface area (Å²) in [5, 5.41) is 9.06. The van der Waals surface area contributed by atoms with Crippen LogP contribution >= 0.6 is 0 Å². The van der Waals surface area contributed by atoms with Crippen molar-refractivity contribution in [3.63, 3.8) is 0 Å². The van der Waals surface area contributed by atoms with Crippen LogP contribution in [0.2, 0.25) is 0 Å². The summed E-state index contributed by atoms with van der Waals surface area (Å²) in [7, 11) is 2.07. The van der Waals surface area contributed by atoms with Crippen LogP contribution in [-0.2, 0) is 38.4 Å². The Morgan fingerprint density at radius 3 is 2.33 bits per heavy atom. The molecule has 0 aromatic carbocycles. The second kappa shape index (κ2) is 10.7. The zero-order chi connectivity index (χ0) is 13.4. The van der Waals surface area contributed by atoms with Crippen LogP contribution in [-0.4, -0.2) is 21.3 Å². The number of hydrogen-bond acceptors (Lipinski definition) is 2. The van der Waals surface area contributed by atoms with Gasteiger partial charge in [0.15, 0.2) is 0 Å². The van der Waals surface area contributed by atoms with E-state index in [1.165, 1.54) is 11.4 Å². The van der Waals surface area contributed by atoms with E-state index >= 15 is 0 Å². The summed E-state index contributed by atoms with van der Waals surface area (Å²) in [4.78, 5) is 4.50. The van der Waals surface area contributed by atoms with E-state index in [4.69, 9.17) is 5.11 Å². The Kier molecular flexibility index (Phi) is 11.9. The molecule has 0 spiro atoms. The van der Waals surface area contributed by atoms with Gasteiger partial charge in [-0.05, 0) is 32.1 Å². The van der Waals surface area contributed by atoms with E-state index < -0.39 is 0 Å². The summed E-state index contributed by atoms with van der Waals surface area (Å²) in [5.41, 5.74) is 2.56. The van der Waals surface area contributed by atoms with Crippen molar-refractivity contribution >= 4 is 0 Å². The average molecular weight is 291 g/mol. The summed E-state index contributed by atoms with van der Waals surface area (Å²) in [5.74, 6) is 1.52. The van der Waals surface area contributed by atoms with Crippen molar-refractivity contribution in [2.45, 2.75) is 53.9 Å². The number of aryl methyl sites for hydroxylation is 1. The van der Waals surface area contributed by atoms with Gasteiger partial charge in [-0.3, -0.25) is 0 Å². The number of aromatic nitrogens is 2. The topological polar surface area (TPSA) is 38.0 Å². The van der Waals surface area contributed by atoms with E-state index in [0.29, 0.717) is 12.5 Å². The Morgan fingerprint density at radius 2 is 1.83 bits per heavy atom. The Bertz CT molecular complexity index is 324. The molecule has 1 radical (unpaired) electrons. The first-order valence-electron chi connectivity index (χ1n) is 6.84. The van der Waals surface area contributed by atoms with Gasteiger partial charge >= 0.3 is 0 Å². The number of rotatable bonds is 1. The van der Waals surface area contributed by atoms with Crippen molar-refractivity contribution < 1.29 is 23.7 Å². The molecule has 105 valence electrons. The molecule has 0 bridgehead atoms. The molecule has 1 N–H and O–H groups in total. The molecule has 1 aromatic heterocycles. The monoisotopic (exact) mass is 291 g/mol. The maximum atomic E-state index is 9.06. The van der Waals surface area contributed by atoms with Crippen LogP contribution in [0.5, 0.6) is 0 Å². The number of aliphatic hydroxyl groups is 1. The zero-order valence-electron chi connectivity index (χ0n) is 12.7. The number of imidazole rings is 1. The SMILES string of the molecule is CC.CC.Cc1nc2c(n1C)CCC(CO)C2.[V]. The quantitative estimate of drug-likeness (QED) is 0.864. The van der Waals surface area contributed by atoms with Crippen molar-refractivity contribution in [2.24, 2.45) is 13.0 Å². The first-order chi connectivity index (χ1) is 8.22. The molecule has 0 amide bonds. The molecule has 0 aliphatic heterocycles. The molecule has 1 unspecified atom stereocenters. The van der Waals surface area contributed by atoms with Crippen molar-refractivity contribution in [2.75, 3.05) is 6.61 Å². The molecule has 1 atom stereocenters. The smallest absolute Gasteiger partial charge is 0.105 e. The maximum Gasteiger partial charge on any atom is 0.105 e. The van der Waals surface area contributed by atoms with Crippen molar-refractivity contribution in [3.05, 3.63) is 17.2 Å². The maximum absolute atomic E-state index is 9.06. The molecule has 3 nitrogen and oxygen atoms in total. The van der Waals surface area contributed by atoms with Gasteiger partial charge in [0.25, 0.3) is 0 Å². The first kappa shape index (κ1) is 20.1. The molecule has 4 heteroatoms. The van der Waals surface area contributed by atoms with Gasteiger partial charge in [0, 0.05) is 37.9 Å². The molecule has 1 heterocycles. The van der Waals surface area contributed by atoms with Crippen LogP contribution in [0.25, 0.3) is 0 Å². The standard InChI is InChI=1S/C10H16N2O.2C2H6.V/c1-7-11-9-5-8(6-13)3-4-10(9)12(7)2;2*1-2;/h8,13H,3-6H2,1-2H3;2*1-2H3;. The minimum atomic E-state index is 0. The Labute approximate surface area is 124 Å². The van der Waals surface area contributed by atoms with Gasteiger partial charge in [-0.1, -0.05) is 27.7 Å². The van der Waals surface area contributed by atoms with Gasteiger partial charge < -0.3 is 9.67 Å². The second-order valence-corrected chi connectivity index (χ2v) is 3.90. The van der Waals surface area contributed by atoms with Gasteiger partial charge in [-0.2, -0.15) is 0 Å². The van der Waals surface area contributed by atoms with Crippen molar-refractivity contribution in [1.29, 1.82) is 0 Å². The summed E-state index contributed by atoms with van der Waals surface area (Å²) in [6.07, 6.45) is 3.12. The van der Waals surface area contributed by atoms with Gasteiger partial charge in [0.2, 0.25) is 0 Å². The molecule has 18 heavy (non-hydrogen) atoms. The second-order valence-electron chi connectivity index (χ2n) is 3.90. The summed E-state index contributed by atoms with van der Waals surface area (Å²) >= 11 is 0. The normalized spacial score (nSPS) is 16.3. The molecular weight excluding hydrogens is 263 g/mol. The Hall–Kier alpha value is -0.246. The van der Waals surface area contributed by atoms with Gasteiger partial charge in [-0.15, -0.1) is 0 Å². The van der Waals surface area contributed by atoms with Gasteiger partial charge in [0.1, 0.15) is 5.82 Å². The van der Waals surface area contributed by atoms with Gasteiger partial charge in [-0.25, -0.2) is 4.98 Å². The third-order valence-corrected chi connectivity index (χ3v) is 3.05. The van der Waals surface area contributed by atoms with E-state index in [9.17, 15) is 0 Å². The summed E-state index contributed by atoms with van der Waals surface area (Å²) in [6, 6.07) is 0. The van der Waals surface area contributed by atoms with Crippen LogP contribution in [0.15, 0.2) is 0 Å². The largest absolute Gasteiger partial charge is 0.396 e. The predicted octanol–water partition coefficient (Wildman–Crippen LogP) is 2.88. The first-order valence-corrected chi connectivity index (χ1v) is 6.84. The molecule has 1 aliphatic carbocycles. The fourth-order valence-electron chi connectivity index (χ4n) is 2.07. The minimum absolute atomic E-state index is 0. The van der Waals surface area contributed by atoms with Crippen molar-refractivity contribution in [3.8, 4) is 0 Å². The van der Waals surface area contributed by atoms with Gasteiger partial charge in [0.05, 0.1) is 5.69 Å². The molecule has 2 rings (SSSR count). The minimum Gasteiger partial charge on any atom is -0.396 e. The number of nitrogens with zero attached hydrogens (tertiary/aromatic N) is 2. The molecule has 1 aromatic rings. The molecular formula is C14H28N2OV. The molecule has 1 aliphatic rings. The fourth-order valence-corrected chi connectivity index (χ4v) is 2.07. The Balaban J connectivity index is 0. The molecule has 0 saturated carbocycles. The predicted molar refractivity (Wildman–Crippen MR) is 73.2 cm³/mol. The van der Waals surface area contributed by atoms with E-state index in [2.05, 4.69) is 16.6 Å². The summed E-state index contributed by atoms with van der Waals surface area (Å²) < 4.78 is 2.17. The number of aliphatic hydroxyl groups excluding tert-OH is 1.